The number of hydrogen-bond acceptors (Lipinski definition) is 7. The van der Waals surface area contributed by atoms with Crippen LogP contribution in [-0.2, 0) is 14.3 Å². The van der Waals surface area contributed by atoms with E-state index in [0.29, 0.717) is 29.5 Å². The Morgan fingerprint density at radius 2 is 1.86 bits per heavy atom. The summed E-state index contributed by atoms with van der Waals surface area (Å²) in [5.41, 5.74) is 1.19. The SMILES string of the molecule is COc1cc(C2CCC(C)CN2C(=O)C(=O)Nc2cnc(NC(=O)OC(C)(C)C)c(C)c2)ccn1. The largest absolute Gasteiger partial charge is 0.481 e. The van der Waals surface area contributed by atoms with Crippen molar-refractivity contribution in [1.29, 1.82) is 0 Å². The first-order chi connectivity index (χ1) is 16.5. The lowest BCUT2D eigenvalue weighted by atomic mass is 9.90. The number of hydrogen-bond donors (Lipinski definition) is 2. The van der Waals surface area contributed by atoms with Gasteiger partial charge in [-0.25, -0.2) is 14.8 Å². The van der Waals surface area contributed by atoms with E-state index in [0.717, 1.165) is 18.4 Å². The van der Waals surface area contributed by atoms with Crippen molar-refractivity contribution in [2.24, 2.45) is 5.92 Å². The van der Waals surface area contributed by atoms with E-state index in [1.54, 1.807) is 50.9 Å². The molecule has 188 valence electrons. The Hall–Kier alpha value is -3.69. The molecule has 0 spiro atoms. The third kappa shape index (κ3) is 6.91. The van der Waals surface area contributed by atoms with E-state index in [2.05, 4.69) is 27.5 Å². The lowest BCUT2D eigenvalue weighted by Gasteiger charge is -2.38. The number of carbonyl (C=O) groups is 3. The average Bonchev–Trinajstić information content (AvgIpc) is 2.79. The number of amides is 3. The molecule has 1 aliphatic rings. The Bertz CT molecular complexity index is 1100. The fourth-order valence-corrected chi connectivity index (χ4v) is 3.96. The highest BCUT2D eigenvalue weighted by Crippen LogP contribution is 2.34. The van der Waals surface area contributed by atoms with Crippen LogP contribution in [0.25, 0.3) is 0 Å². The first-order valence-corrected chi connectivity index (χ1v) is 11.6. The summed E-state index contributed by atoms with van der Waals surface area (Å²) in [6.07, 6.45) is 4.07. The molecule has 2 atom stereocenters. The number of nitrogens with zero attached hydrogens (tertiary/aromatic N) is 3. The highest BCUT2D eigenvalue weighted by atomic mass is 16.6. The van der Waals surface area contributed by atoms with E-state index in [1.807, 2.05) is 6.07 Å². The minimum Gasteiger partial charge on any atom is -0.481 e. The number of pyridine rings is 2. The van der Waals surface area contributed by atoms with Gasteiger partial charge in [-0.1, -0.05) is 6.92 Å². The number of aryl methyl sites for hydroxylation is 1. The van der Waals surface area contributed by atoms with E-state index in [9.17, 15) is 14.4 Å². The van der Waals surface area contributed by atoms with Crippen molar-refractivity contribution in [2.75, 3.05) is 24.3 Å². The Balaban J connectivity index is 1.71. The molecule has 2 N–H and O–H groups in total. The maximum Gasteiger partial charge on any atom is 0.413 e. The molecule has 1 fully saturated rings. The molecule has 1 saturated heterocycles. The fourth-order valence-electron chi connectivity index (χ4n) is 3.96. The van der Waals surface area contributed by atoms with Crippen molar-refractivity contribution in [3.05, 3.63) is 41.7 Å². The van der Waals surface area contributed by atoms with E-state index >= 15 is 0 Å². The molecule has 10 nitrogen and oxygen atoms in total. The van der Waals surface area contributed by atoms with Crippen molar-refractivity contribution in [2.45, 2.75) is 59.1 Å². The van der Waals surface area contributed by atoms with Crippen LogP contribution in [0.2, 0.25) is 0 Å². The zero-order valence-corrected chi connectivity index (χ0v) is 21.0. The molecule has 10 heteroatoms. The van der Waals surface area contributed by atoms with Crippen molar-refractivity contribution in [1.82, 2.24) is 14.9 Å². The van der Waals surface area contributed by atoms with Crippen molar-refractivity contribution in [3.8, 4) is 5.88 Å². The second-order valence-corrected chi connectivity index (χ2v) is 9.76. The van der Waals surface area contributed by atoms with Gasteiger partial charge in [0.05, 0.1) is 25.0 Å². The summed E-state index contributed by atoms with van der Waals surface area (Å²) in [6.45, 7) is 9.56. The number of carbonyl (C=O) groups excluding carboxylic acids is 3. The number of rotatable bonds is 4. The van der Waals surface area contributed by atoms with Gasteiger partial charge in [-0.15, -0.1) is 0 Å². The van der Waals surface area contributed by atoms with Gasteiger partial charge in [-0.3, -0.25) is 14.9 Å². The van der Waals surface area contributed by atoms with Gasteiger partial charge in [-0.05, 0) is 69.7 Å². The molecule has 3 rings (SSSR count). The topological polar surface area (TPSA) is 123 Å². The van der Waals surface area contributed by atoms with Crippen LogP contribution in [-0.4, -0.2) is 52.0 Å². The lowest BCUT2D eigenvalue weighted by Crippen LogP contribution is -2.46. The maximum atomic E-state index is 13.2. The molecule has 0 aromatic carbocycles. The summed E-state index contributed by atoms with van der Waals surface area (Å²) in [7, 11) is 1.54. The second-order valence-electron chi connectivity index (χ2n) is 9.76. The molecule has 3 heterocycles. The molecule has 0 aliphatic carbocycles. The summed E-state index contributed by atoms with van der Waals surface area (Å²) >= 11 is 0. The van der Waals surface area contributed by atoms with Crippen LogP contribution in [0, 0.1) is 12.8 Å². The van der Waals surface area contributed by atoms with Gasteiger partial charge in [0.1, 0.15) is 11.4 Å². The molecule has 35 heavy (non-hydrogen) atoms. The van der Waals surface area contributed by atoms with Gasteiger partial charge in [0.25, 0.3) is 0 Å². The lowest BCUT2D eigenvalue weighted by molar-refractivity contribution is -0.146. The molecule has 2 unspecified atom stereocenters. The van der Waals surface area contributed by atoms with Crippen molar-refractivity contribution >= 4 is 29.4 Å². The minimum absolute atomic E-state index is 0.249. The number of anilines is 2. The van der Waals surface area contributed by atoms with Gasteiger partial charge < -0.3 is 19.7 Å². The predicted octanol–water partition coefficient (Wildman–Crippen LogP) is 4.08. The predicted molar refractivity (Wildman–Crippen MR) is 131 cm³/mol. The molecule has 0 radical (unpaired) electrons. The molecule has 1 aliphatic heterocycles. The highest BCUT2D eigenvalue weighted by molar-refractivity contribution is 6.39. The minimum atomic E-state index is -0.751. The van der Waals surface area contributed by atoms with E-state index in [-0.39, 0.29) is 12.0 Å². The van der Waals surface area contributed by atoms with Crippen molar-refractivity contribution < 1.29 is 23.9 Å². The van der Waals surface area contributed by atoms with Crippen LogP contribution in [0.4, 0.5) is 16.3 Å². The standard InChI is InChI=1S/C25H33N5O5/c1-15-7-8-19(17-9-10-26-20(12-17)34-6)30(14-15)23(32)22(31)28-18-11-16(2)21(27-13-18)29-24(33)35-25(3,4)5/h9-13,15,19H,7-8,14H2,1-6H3,(H,28,31)(H,27,29,33). The first kappa shape index (κ1) is 25.9. The summed E-state index contributed by atoms with van der Waals surface area (Å²) in [6, 6.07) is 5.02. The summed E-state index contributed by atoms with van der Waals surface area (Å²) < 4.78 is 10.5. The summed E-state index contributed by atoms with van der Waals surface area (Å²) in [5.74, 6) is -0.335. The monoisotopic (exact) mass is 483 g/mol. The Kier molecular flexibility index (Phi) is 7.93. The van der Waals surface area contributed by atoms with Crippen LogP contribution in [0.3, 0.4) is 0 Å². The number of aromatic nitrogens is 2. The Labute approximate surface area is 205 Å². The van der Waals surface area contributed by atoms with Crippen LogP contribution in [0.15, 0.2) is 30.6 Å². The van der Waals surface area contributed by atoms with Crippen LogP contribution in [0.1, 0.15) is 57.7 Å². The smallest absolute Gasteiger partial charge is 0.413 e. The van der Waals surface area contributed by atoms with Gasteiger partial charge in [0.2, 0.25) is 5.88 Å². The van der Waals surface area contributed by atoms with Gasteiger partial charge in [0, 0.05) is 18.8 Å². The van der Waals surface area contributed by atoms with Crippen LogP contribution in [0.5, 0.6) is 5.88 Å². The Morgan fingerprint density at radius 1 is 1.11 bits per heavy atom. The number of nitrogens with one attached hydrogen (secondary N) is 2. The van der Waals surface area contributed by atoms with Crippen LogP contribution < -0.4 is 15.4 Å². The van der Waals surface area contributed by atoms with E-state index in [1.165, 1.54) is 13.3 Å². The number of methoxy groups -OCH3 is 1. The summed E-state index contributed by atoms with van der Waals surface area (Å²) in [5, 5.41) is 5.22. The van der Waals surface area contributed by atoms with E-state index < -0.39 is 23.5 Å². The third-order valence-electron chi connectivity index (χ3n) is 5.58. The Morgan fingerprint density at radius 3 is 2.51 bits per heavy atom. The molecule has 0 saturated carbocycles. The number of piperidine rings is 1. The second kappa shape index (κ2) is 10.7. The molecule has 2 aromatic rings. The van der Waals surface area contributed by atoms with Gasteiger partial charge in [-0.2, -0.15) is 0 Å². The highest BCUT2D eigenvalue weighted by Gasteiger charge is 2.34. The zero-order chi connectivity index (χ0) is 25.8. The first-order valence-electron chi connectivity index (χ1n) is 11.6. The third-order valence-corrected chi connectivity index (χ3v) is 5.58. The maximum absolute atomic E-state index is 13.2. The molecule has 2 aromatic heterocycles. The quantitative estimate of drug-likeness (QED) is 0.628. The number of ether oxygens (including phenoxy) is 2. The van der Waals surface area contributed by atoms with E-state index in [4.69, 9.17) is 9.47 Å². The molecule has 0 bridgehead atoms. The average molecular weight is 484 g/mol. The molecular formula is C25H33N5O5. The normalized spacial score (nSPS) is 17.9. The fraction of sp³-hybridized carbons (Fsp3) is 0.480. The molecular weight excluding hydrogens is 450 g/mol. The van der Waals surface area contributed by atoms with Crippen LogP contribution >= 0.6 is 0 Å². The van der Waals surface area contributed by atoms with Gasteiger partial charge in [0.15, 0.2) is 0 Å². The summed E-state index contributed by atoms with van der Waals surface area (Å²) in [4.78, 5) is 48.0. The number of likely N-dealkylation sites (tertiary alicyclic amines) is 1. The zero-order valence-electron chi connectivity index (χ0n) is 21.0. The van der Waals surface area contributed by atoms with Gasteiger partial charge >= 0.3 is 17.9 Å². The van der Waals surface area contributed by atoms with Crippen molar-refractivity contribution in [3.63, 3.8) is 0 Å². The molecule has 3 amide bonds.